The van der Waals surface area contributed by atoms with Gasteiger partial charge in [-0.05, 0) is 24.6 Å². The zero-order valence-corrected chi connectivity index (χ0v) is 12.3. The highest BCUT2D eigenvalue weighted by atomic mass is 35.5. The van der Waals surface area contributed by atoms with E-state index in [-0.39, 0.29) is 31.1 Å². The average molecular weight is 322 g/mol. The Bertz CT molecular complexity index is 500. The molecule has 1 aromatic rings. The topological polar surface area (TPSA) is 84.2 Å². The van der Waals surface area contributed by atoms with Crippen LogP contribution in [0.1, 0.15) is 24.9 Å². The van der Waals surface area contributed by atoms with Crippen LogP contribution in [0.3, 0.4) is 0 Å². The van der Waals surface area contributed by atoms with E-state index in [2.05, 4.69) is 10.6 Å². The first kappa shape index (κ1) is 19.3. The van der Waals surface area contributed by atoms with Gasteiger partial charge in [-0.2, -0.15) is 0 Å². The minimum Gasteiger partial charge on any atom is -0.348 e. The summed E-state index contributed by atoms with van der Waals surface area (Å²) in [4.78, 5) is 22.5. The Labute approximate surface area is 127 Å². The lowest BCUT2D eigenvalue weighted by Crippen LogP contribution is -2.40. The van der Waals surface area contributed by atoms with Gasteiger partial charge < -0.3 is 16.4 Å². The summed E-state index contributed by atoms with van der Waals surface area (Å²) >= 11 is 0. The third-order valence-electron chi connectivity index (χ3n) is 2.71. The molecule has 1 unspecified atom stereocenters. The zero-order chi connectivity index (χ0) is 15.1. The number of amides is 2. The normalized spacial score (nSPS) is 11.2. The van der Waals surface area contributed by atoms with Crippen LogP contribution in [-0.2, 0) is 9.59 Å². The number of benzene rings is 1. The van der Waals surface area contributed by atoms with E-state index in [9.17, 15) is 18.4 Å². The van der Waals surface area contributed by atoms with E-state index in [4.69, 9.17) is 5.73 Å². The first-order valence-corrected chi connectivity index (χ1v) is 6.19. The molecule has 0 aliphatic heterocycles. The van der Waals surface area contributed by atoms with Gasteiger partial charge in [0.2, 0.25) is 11.8 Å². The molecule has 0 spiro atoms. The van der Waals surface area contributed by atoms with Crippen LogP contribution in [0.2, 0.25) is 0 Å². The molecule has 0 aliphatic carbocycles. The molecule has 1 aromatic carbocycles. The molecule has 0 saturated carbocycles. The van der Waals surface area contributed by atoms with Gasteiger partial charge in [0.1, 0.15) is 11.6 Å². The number of hydrogen-bond donors (Lipinski definition) is 3. The highest BCUT2D eigenvalue weighted by molar-refractivity contribution is 5.85. The van der Waals surface area contributed by atoms with Crippen molar-refractivity contribution in [1.29, 1.82) is 0 Å². The lowest BCUT2D eigenvalue weighted by molar-refractivity contribution is -0.125. The Balaban J connectivity index is 0.00000400. The molecular weight excluding hydrogens is 304 g/mol. The highest BCUT2D eigenvalue weighted by Gasteiger charge is 2.17. The van der Waals surface area contributed by atoms with Crippen LogP contribution < -0.4 is 16.4 Å². The van der Waals surface area contributed by atoms with E-state index >= 15 is 0 Å². The van der Waals surface area contributed by atoms with Crippen LogP contribution in [0.25, 0.3) is 0 Å². The minimum absolute atomic E-state index is 0. The van der Waals surface area contributed by atoms with Crippen molar-refractivity contribution in [1.82, 2.24) is 10.6 Å². The summed E-state index contributed by atoms with van der Waals surface area (Å²) < 4.78 is 26.8. The number of rotatable bonds is 6. The second kappa shape index (κ2) is 9.25. The van der Waals surface area contributed by atoms with Gasteiger partial charge in [-0.15, -0.1) is 12.4 Å². The van der Waals surface area contributed by atoms with Gasteiger partial charge in [0.15, 0.2) is 0 Å². The lowest BCUT2D eigenvalue weighted by Gasteiger charge is -2.18. The first-order valence-electron chi connectivity index (χ1n) is 6.19. The van der Waals surface area contributed by atoms with Crippen molar-refractivity contribution in [2.24, 2.45) is 5.73 Å². The summed E-state index contributed by atoms with van der Waals surface area (Å²) in [5.41, 5.74) is 5.15. The van der Waals surface area contributed by atoms with Gasteiger partial charge in [-0.25, -0.2) is 8.78 Å². The Hall–Kier alpha value is -1.73. The van der Waals surface area contributed by atoms with E-state index < -0.39 is 29.5 Å². The molecule has 21 heavy (non-hydrogen) atoms. The third kappa shape index (κ3) is 6.05. The predicted octanol–water partition coefficient (Wildman–Crippen LogP) is 1.03. The van der Waals surface area contributed by atoms with E-state index in [1.165, 1.54) is 0 Å². The van der Waals surface area contributed by atoms with Crippen molar-refractivity contribution in [2.75, 3.05) is 13.1 Å². The quantitative estimate of drug-likeness (QED) is 0.731. The predicted molar refractivity (Wildman–Crippen MR) is 76.8 cm³/mol. The largest absolute Gasteiger partial charge is 0.348 e. The smallest absolute Gasteiger partial charge is 0.239 e. The fraction of sp³-hybridized carbons (Fsp3) is 0.385. The molecule has 0 saturated heterocycles. The Kier molecular flexibility index (Phi) is 8.49. The van der Waals surface area contributed by atoms with Crippen molar-refractivity contribution in [2.45, 2.75) is 19.4 Å². The fourth-order valence-corrected chi connectivity index (χ4v) is 1.68. The van der Waals surface area contributed by atoms with Crippen molar-refractivity contribution in [3.05, 3.63) is 35.4 Å². The summed E-state index contributed by atoms with van der Waals surface area (Å²) in [6.07, 6.45) is 0.386. The van der Waals surface area contributed by atoms with Crippen LogP contribution in [0.5, 0.6) is 0 Å². The van der Waals surface area contributed by atoms with Crippen molar-refractivity contribution >= 4 is 24.2 Å². The van der Waals surface area contributed by atoms with Crippen molar-refractivity contribution in [3.63, 3.8) is 0 Å². The molecule has 0 heterocycles. The van der Waals surface area contributed by atoms with Crippen LogP contribution in [0.4, 0.5) is 8.78 Å². The number of nitrogens with two attached hydrogens (primary N) is 1. The van der Waals surface area contributed by atoms with Gasteiger partial charge >= 0.3 is 0 Å². The van der Waals surface area contributed by atoms with Gasteiger partial charge in [-0.3, -0.25) is 9.59 Å². The molecule has 0 fully saturated rings. The summed E-state index contributed by atoms with van der Waals surface area (Å²) in [6, 6.07) is 2.40. The molecule has 0 aromatic heterocycles. The highest BCUT2D eigenvalue weighted by Crippen LogP contribution is 2.20. The fourth-order valence-electron chi connectivity index (χ4n) is 1.68. The van der Waals surface area contributed by atoms with E-state index in [1.807, 2.05) is 0 Å². The molecule has 5 nitrogen and oxygen atoms in total. The van der Waals surface area contributed by atoms with Gasteiger partial charge in [0, 0.05) is 5.56 Å². The minimum atomic E-state index is -0.659. The summed E-state index contributed by atoms with van der Waals surface area (Å²) in [5.74, 6) is -2.14. The molecule has 0 bridgehead atoms. The lowest BCUT2D eigenvalue weighted by atomic mass is 10.0. The second-order valence-electron chi connectivity index (χ2n) is 4.18. The van der Waals surface area contributed by atoms with E-state index in [1.54, 1.807) is 6.92 Å². The molecule has 118 valence electrons. The van der Waals surface area contributed by atoms with Crippen LogP contribution >= 0.6 is 12.4 Å². The number of carbonyl (C=O) groups is 2. The van der Waals surface area contributed by atoms with Crippen LogP contribution in [0.15, 0.2) is 18.2 Å². The number of carbonyl (C=O) groups excluding carboxylic acids is 2. The average Bonchev–Trinajstić information content (AvgIpc) is 2.44. The van der Waals surface area contributed by atoms with Crippen LogP contribution in [-0.4, -0.2) is 24.9 Å². The number of nitrogens with one attached hydrogen (secondary N) is 2. The molecular formula is C13H18ClF2N3O2. The molecule has 4 N–H and O–H groups in total. The standard InChI is InChI=1S/C13H17F2N3O2.ClH/c1-2-11(9-5-8(14)3-4-10(9)15)18-13(20)7-17-12(19)6-16;/h3-5,11H,2,6-7,16H2,1H3,(H,17,19)(H,18,20);1H. The summed E-state index contributed by atoms with van der Waals surface area (Å²) in [7, 11) is 0. The second-order valence-corrected chi connectivity index (χ2v) is 4.18. The maximum atomic E-state index is 13.6. The van der Waals surface area contributed by atoms with Crippen LogP contribution in [0, 0.1) is 11.6 Å². The zero-order valence-electron chi connectivity index (χ0n) is 11.5. The number of halogens is 3. The van der Waals surface area contributed by atoms with Crippen molar-refractivity contribution < 1.29 is 18.4 Å². The SMILES string of the molecule is CCC(NC(=O)CNC(=O)CN)c1cc(F)ccc1F.Cl. The Morgan fingerprint density at radius 2 is 1.95 bits per heavy atom. The number of hydrogen-bond acceptors (Lipinski definition) is 3. The Morgan fingerprint density at radius 3 is 2.52 bits per heavy atom. The monoisotopic (exact) mass is 321 g/mol. The van der Waals surface area contributed by atoms with Gasteiger partial charge in [0.25, 0.3) is 0 Å². The molecule has 0 aliphatic rings. The summed E-state index contributed by atoms with van der Waals surface area (Å²) in [6.45, 7) is 1.25. The molecule has 2 amide bonds. The third-order valence-corrected chi connectivity index (χ3v) is 2.71. The molecule has 8 heteroatoms. The maximum absolute atomic E-state index is 13.6. The van der Waals surface area contributed by atoms with Gasteiger partial charge in [-0.1, -0.05) is 6.92 Å². The first-order chi connectivity index (χ1) is 9.47. The van der Waals surface area contributed by atoms with Gasteiger partial charge in [0.05, 0.1) is 19.1 Å². The Morgan fingerprint density at radius 1 is 1.29 bits per heavy atom. The molecule has 1 atom stereocenters. The van der Waals surface area contributed by atoms with Crippen molar-refractivity contribution in [3.8, 4) is 0 Å². The maximum Gasteiger partial charge on any atom is 0.239 e. The molecule has 0 radical (unpaired) electrons. The summed E-state index contributed by atoms with van der Waals surface area (Å²) in [5, 5.41) is 4.82. The van der Waals surface area contributed by atoms with E-state index in [0.29, 0.717) is 6.42 Å². The van der Waals surface area contributed by atoms with E-state index in [0.717, 1.165) is 18.2 Å². The molecule has 1 rings (SSSR count).